The van der Waals surface area contributed by atoms with Gasteiger partial charge in [-0.05, 0) is 36.8 Å². The Labute approximate surface area is 145 Å². The number of fused-ring (bicyclic) bond motifs is 3. The van der Waals surface area contributed by atoms with Crippen LogP contribution in [0.3, 0.4) is 0 Å². The summed E-state index contributed by atoms with van der Waals surface area (Å²) in [6.45, 7) is 1.82. The fourth-order valence-electron chi connectivity index (χ4n) is 2.58. The van der Waals surface area contributed by atoms with Gasteiger partial charge in [0.05, 0.1) is 18.0 Å². The molecule has 0 radical (unpaired) electrons. The summed E-state index contributed by atoms with van der Waals surface area (Å²) in [4.78, 5) is 16.8. The van der Waals surface area contributed by atoms with Gasteiger partial charge in [0.25, 0.3) is 5.56 Å². The van der Waals surface area contributed by atoms with Crippen molar-refractivity contribution in [3.8, 4) is 5.75 Å². The van der Waals surface area contributed by atoms with Crippen molar-refractivity contribution < 1.29 is 9.13 Å². The second kappa shape index (κ2) is 5.89. The summed E-state index contributed by atoms with van der Waals surface area (Å²) < 4.78 is 20.9. The average molecular weight is 356 g/mol. The molecule has 25 heavy (non-hydrogen) atoms. The second-order valence-electron chi connectivity index (χ2n) is 5.51. The van der Waals surface area contributed by atoms with Crippen molar-refractivity contribution in [3.05, 3.63) is 58.1 Å². The molecule has 0 fully saturated rings. The molecule has 0 saturated heterocycles. The van der Waals surface area contributed by atoms with Crippen LogP contribution in [0.15, 0.2) is 51.1 Å². The van der Waals surface area contributed by atoms with Crippen molar-refractivity contribution in [3.63, 3.8) is 0 Å². The zero-order valence-corrected chi connectivity index (χ0v) is 14.2. The molecule has 0 unspecified atom stereocenters. The van der Waals surface area contributed by atoms with Crippen molar-refractivity contribution in [2.45, 2.75) is 16.8 Å². The van der Waals surface area contributed by atoms with E-state index < -0.39 is 0 Å². The maximum Gasteiger partial charge on any atom is 0.281 e. The largest absolute Gasteiger partial charge is 0.497 e. The Hall–Kier alpha value is -2.87. The fraction of sp³-hybridized carbons (Fsp3) is 0.118. The first kappa shape index (κ1) is 15.6. The molecule has 0 bridgehead atoms. The Bertz CT molecular complexity index is 1170. The molecule has 0 aliphatic heterocycles. The number of H-pyrrole nitrogens is 1. The van der Waals surface area contributed by atoms with E-state index in [0.29, 0.717) is 32.2 Å². The van der Waals surface area contributed by atoms with Crippen LogP contribution in [0.25, 0.3) is 16.6 Å². The molecule has 6 nitrogen and oxygen atoms in total. The minimum Gasteiger partial charge on any atom is -0.497 e. The number of benzene rings is 2. The number of hydrogen-bond donors (Lipinski definition) is 1. The smallest absolute Gasteiger partial charge is 0.281 e. The van der Waals surface area contributed by atoms with Crippen LogP contribution in [0, 0.1) is 12.7 Å². The second-order valence-corrected chi connectivity index (χ2v) is 6.54. The summed E-state index contributed by atoms with van der Waals surface area (Å²) in [5.41, 5.74) is 1.40. The van der Waals surface area contributed by atoms with Crippen LogP contribution in [-0.2, 0) is 0 Å². The fourth-order valence-corrected chi connectivity index (χ4v) is 3.39. The molecule has 2 heterocycles. The van der Waals surface area contributed by atoms with Gasteiger partial charge in [-0.25, -0.2) is 14.1 Å². The third-order valence-corrected chi connectivity index (χ3v) is 4.85. The van der Waals surface area contributed by atoms with Crippen molar-refractivity contribution in [2.75, 3.05) is 7.11 Å². The Balaban J connectivity index is 1.90. The highest BCUT2D eigenvalue weighted by Crippen LogP contribution is 2.31. The lowest BCUT2D eigenvalue weighted by Gasteiger charge is -2.04. The predicted molar refractivity (Wildman–Crippen MR) is 92.9 cm³/mol. The molecule has 0 saturated carbocycles. The van der Waals surface area contributed by atoms with Crippen LogP contribution in [0.5, 0.6) is 5.75 Å². The first-order chi connectivity index (χ1) is 12.1. The van der Waals surface area contributed by atoms with Gasteiger partial charge in [-0.3, -0.25) is 4.79 Å². The summed E-state index contributed by atoms with van der Waals surface area (Å²) in [6.07, 6.45) is 0. The van der Waals surface area contributed by atoms with E-state index in [1.807, 2.05) is 13.0 Å². The summed E-state index contributed by atoms with van der Waals surface area (Å²) in [5.74, 6) is 0.274. The number of rotatable bonds is 3. The first-order valence-corrected chi connectivity index (χ1v) is 8.27. The van der Waals surface area contributed by atoms with E-state index in [9.17, 15) is 9.18 Å². The number of hydrogen-bond acceptors (Lipinski definition) is 5. The molecule has 0 atom stereocenters. The molecule has 0 amide bonds. The van der Waals surface area contributed by atoms with Gasteiger partial charge in [0.15, 0.2) is 10.7 Å². The number of aromatic amines is 1. The molecule has 126 valence electrons. The van der Waals surface area contributed by atoms with Crippen LogP contribution >= 0.6 is 11.8 Å². The first-order valence-electron chi connectivity index (χ1n) is 7.46. The zero-order valence-electron chi connectivity index (χ0n) is 13.4. The van der Waals surface area contributed by atoms with Crippen molar-refractivity contribution >= 4 is 28.3 Å². The number of aryl methyl sites for hydroxylation is 1. The summed E-state index contributed by atoms with van der Waals surface area (Å²) in [5, 5.41) is 7.89. The van der Waals surface area contributed by atoms with E-state index in [-0.39, 0.29) is 11.4 Å². The lowest BCUT2D eigenvalue weighted by molar-refractivity contribution is 0.415. The molecule has 0 aliphatic rings. The quantitative estimate of drug-likeness (QED) is 0.610. The number of halogens is 1. The topological polar surface area (TPSA) is 72.3 Å². The van der Waals surface area contributed by atoms with E-state index in [0.717, 1.165) is 17.3 Å². The van der Waals surface area contributed by atoms with Gasteiger partial charge in [0, 0.05) is 11.0 Å². The van der Waals surface area contributed by atoms with Crippen molar-refractivity contribution in [1.29, 1.82) is 0 Å². The maximum absolute atomic E-state index is 14.1. The lowest BCUT2D eigenvalue weighted by atomic mass is 10.2. The van der Waals surface area contributed by atoms with E-state index in [2.05, 4.69) is 15.3 Å². The highest BCUT2D eigenvalue weighted by molar-refractivity contribution is 7.99. The molecule has 2 aromatic heterocycles. The number of nitrogens with one attached hydrogen (secondary N) is 1. The number of aromatic nitrogens is 4. The Kier molecular flexibility index (Phi) is 3.69. The molecular weight excluding hydrogens is 343 g/mol. The zero-order chi connectivity index (χ0) is 17.6. The monoisotopic (exact) mass is 356 g/mol. The van der Waals surface area contributed by atoms with Gasteiger partial charge in [0.1, 0.15) is 11.6 Å². The van der Waals surface area contributed by atoms with Crippen LogP contribution < -0.4 is 10.3 Å². The Morgan fingerprint density at radius 2 is 2.08 bits per heavy atom. The standard InChI is InChI=1S/C17H13FN4O2S/c1-9-3-6-14(12(18)7-9)25-17-15-19-16(23)11-5-4-10(24-2)8-13(11)22(15)21-20-17/h3-8,21H,1-2H3. The summed E-state index contributed by atoms with van der Waals surface area (Å²) in [6, 6.07) is 10.0. The average Bonchev–Trinajstić information content (AvgIpc) is 3.00. The normalized spacial score (nSPS) is 11.3. The minimum absolute atomic E-state index is 0.337. The van der Waals surface area contributed by atoms with Crippen molar-refractivity contribution in [1.82, 2.24) is 19.8 Å². The minimum atomic E-state index is -0.370. The predicted octanol–water partition coefficient (Wildman–Crippen LogP) is 3.18. The van der Waals surface area contributed by atoms with Gasteiger partial charge in [-0.15, -0.1) is 5.10 Å². The summed E-state index contributed by atoms with van der Waals surface area (Å²) >= 11 is 1.12. The van der Waals surface area contributed by atoms with Crippen LogP contribution in [0.2, 0.25) is 0 Å². The van der Waals surface area contributed by atoms with Gasteiger partial charge in [-0.1, -0.05) is 17.8 Å². The SMILES string of the molecule is COc1ccc2c(=O)nc3c(Sc4ccc(C)cc4F)n[nH]n3c2c1. The number of methoxy groups -OCH3 is 1. The van der Waals surface area contributed by atoms with Gasteiger partial charge >= 0.3 is 0 Å². The van der Waals surface area contributed by atoms with Crippen LogP contribution in [0.4, 0.5) is 4.39 Å². The molecule has 8 heteroatoms. The lowest BCUT2D eigenvalue weighted by Crippen LogP contribution is -2.10. The molecule has 1 N–H and O–H groups in total. The Morgan fingerprint density at radius 3 is 2.84 bits per heavy atom. The Morgan fingerprint density at radius 1 is 1.24 bits per heavy atom. The van der Waals surface area contributed by atoms with Gasteiger partial charge < -0.3 is 4.74 Å². The van der Waals surface area contributed by atoms with E-state index in [1.165, 1.54) is 6.07 Å². The molecule has 4 aromatic rings. The molecule has 4 rings (SSSR count). The highest BCUT2D eigenvalue weighted by Gasteiger charge is 2.15. The number of nitrogens with zero attached hydrogens (tertiary/aromatic N) is 3. The molecular formula is C17H13FN4O2S. The number of ether oxygens (including phenoxy) is 1. The van der Waals surface area contributed by atoms with E-state index in [4.69, 9.17) is 4.74 Å². The highest BCUT2D eigenvalue weighted by atomic mass is 32.2. The van der Waals surface area contributed by atoms with E-state index >= 15 is 0 Å². The van der Waals surface area contributed by atoms with Crippen LogP contribution in [-0.4, -0.2) is 26.9 Å². The van der Waals surface area contributed by atoms with E-state index in [1.54, 1.807) is 35.9 Å². The van der Waals surface area contributed by atoms with Crippen LogP contribution in [0.1, 0.15) is 5.56 Å². The molecule has 2 aromatic carbocycles. The van der Waals surface area contributed by atoms with Crippen molar-refractivity contribution in [2.24, 2.45) is 0 Å². The third-order valence-electron chi connectivity index (χ3n) is 3.83. The molecule has 0 spiro atoms. The third kappa shape index (κ3) is 2.64. The molecule has 0 aliphatic carbocycles. The van der Waals surface area contributed by atoms with Gasteiger partial charge in [-0.2, -0.15) is 4.98 Å². The maximum atomic E-state index is 14.1. The summed E-state index contributed by atoms with van der Waals surface area (Å²) in [7, 11) is 1.55. The van der Waals surface area contributed by atoms with Gasteiger partial charge in [0.2, 0.25) is 0 Å².